The Bertz CT molecular complexity index is 427. The van der Waals surface area contributed by atoms with Gasteiger partial charge in [-0.3, -0.25) is 9.59 Å². The van der Waals surface area contributed by atoms with E-state index in [1.54, 1.807) is 0 Å². The van der Waals surface area contributed by atoms with E-state index in [1.165, 1.54) is 7.11 Å². The van der Waals surface area contributed by atoms with E-state index in [2.05, 4.69) is 4.74 Å². The Hall–Kier alpha value is -1.35. The van der Waals surface area contributed by atoms with Gasteiger partial charge in [0, 0.05) is 6.42 Å². The molecule has 0 aliphatic heterocycles. The first kappa shape index (κ1) is 13.7. The monoisotopic (exact) mass is 254 g/mol. The molecule has 1 rings (SSSR count). The van der Waals surface area contributed by atoms with Gasteiger partial charge in [-0.05, 0) is 23.6 Å². The molecule has 1 aromatic rings. The van der Waals surface area contributed by atoms with Crippen LogP contribution in [0.4, 0.5) is 0 Å². The van der Waals surface area contributed by atoms with Gasteiger partial charge in [-0.25, -0.2) is 0 Å². The first-order valence-corrected chi connectivity index (χ1v) is 5.83. The third-order valence-electron chi connectivity index (χ3n) is 2.53. The van der Waals surface area contributed by atoms with Crippen LogP contribution in [-0.2, 0) is 27.2 Å². The first-order chi connectivity index (χ1) is 8.06. The Labute approximate surface area is 106 Å². The Kier molecular flexibility index (Phi) is 5.16. The topological polar surface area (TPSA) is 43.4 Å². The maximum Gasteiger partial charge on any atom is 0.309 e. The van der Waals surface area contributed by atoms with Crippen LogP contribution in [0.3, 0.4) is 0 Å². The summed E-state index contributed by atoms with van der Waals surface area (Å²) >= 11 is 5.48. The van der Waals surface area contributed by atoms with Crippen molar-refractivity contribution in [1.29, 1.82) is 0 Å². The summed E-state index contributed by atoms with van der Waals surface area (Å²) in [6.45, 7) is 1.93. The molecule has 0 atom stereocenters. The van der Waals surface area contributed by atoms with Gasteiger partial charge in [-0.1, -0.05) is 18.2 Å². The highest BCUT2D eigenvalue weighted by atomic mass is 35.5. The molecule has 0 aliphatic rings. The lowest BCUT2D eigenvalue weighted by atomic mass is 9.99. The van der Waals surface area contributed by atoms with Crippen LogP contribution in [0.15, 0.2) is 18.2 Å². The van der Waals surface area contributed by atoms with Crippen LogP contribution in [0.1, 0.15) is 16.7 Å². The van der Waals surface area contributed by atoms with Gasteiger partial charge in [0.2, 0.25) is 0 Å². The maximum atomic E-state index is 11.3. The summed E-state index contributed by atoms with van der Waals surface area (Å²) in [4.78, 5) is 22.4. The van der Waals surface area contributed by atoms with Crippen LogP contribution in [0, 0.1) is 6.92 Å². The lowest BCUT2D eigenvalue weighted by Gasteiger charge is -2.07. The molecular weight excluding hydrogens is 240 g/mol. The SMILES string of the molecule is COC(=O)Cc1ccc(C)c(CC(=O)CCl)c1. The normalized spacial score (nSPS) is 10.1. The molecule has 0 aliphatic carbocycles. The van der Waals surface area contributed by atoms with Crippen LogP contribution >= 0.6 is 11.6 Å². The molecule has 0 N–H and O–H groups in total. The number of carbonyl (C=O) groups excluding carboxylic acids is 2. The van der Waals surface area contributed by atoms with Crippen molar-refractivity contribution in [2.24, 2.45) is 0 Å². The Balaban J connectivity index is 2.86. The summed E-state index contributed by atoms with van der Waals surface area (Å²) in [5.74, 6) is -0.297. The van der Waals surface area contributed by atoms with Gasteiger partial charge < -0.3 is 4.74 Å². The second kappa shape index (κ2) is 6.40. The van der Waals surface area contributed by atoms with Crippen molar-refractivity contribution in [2.45, 2.75) is 19.8 Å². The molecule has 92 valence electrons. The number of hydrogen-bond donors (Lipinski definition) is 0. The van der Waals surface area contributed by atoms with E-state index in [1.807, 2.05) is 25.1 Å². The number of esters is 1. The van der Waals surface area contributed by atoms with Crippen LogP contribution in [0.2, 0.25) is 0 Å². The number of rotatable bonds is 5. The lowest BCUT2D eigenvalue weighted by molar-refractivity contribution is -0.139. The van der Waals surface area contributed by atoms with Gasteiger partial charge in [-0.15, -0.1) is 11.6 Å². The molecular formula is C13H15ClO3. The number of hydrogen-bond acceptors (Lipinski definition) is 3. The zero-order valence-electron chi connectivity index (χ0n) is 9.96. The number of ether oxygens (including phenoxy) is 1. The molecule has 0 amide bonds. The average molecular weight is 255 g/mol. The number of halogens is 1. The fraction of sp³-hybridized carbons (Fsp3) is 0.385. The Morgan fingerprint density at radius 1 is 1.29 bits per heavy atom. The fourth-order valence-electron chi connectivity index (χ4n) is 1.52. The highest BCUT2D eigenvalue weighted by molar-refractivity contribution is 6.27. The minimum Gasteiger partial charge on any atom is -0.469 e. The van der Waals surface area contributed by atoms with Crippen molar-refractivity contribution in [3.8, 4) is 0 Å². The largest absolute Gasteiger partial charge is 0.469 e. The predicted octanol–water partition coefficient (Wildman–Crippen LogP) is 2.06. The van der Waals surface area contributed by atoms with Crippen LogP contribution in [-0.4, -0.2) is 24.7 Å². The second-order valence-electron chi connectivity index (χ2n) is 3.86. The number of Topliss-reactive ketones (excluding diaryl/α,β-unsaturated/α-hetero) is 1. The molecule has 0 saturated heterocycles. The summed E-state index contributed by atoms with van der Waals surface area (Å²) in [7, 11) is 1.36. The quantitative estimate of drug-likeness (QED) is 0.597. The fourth-order valence-corrected chi connectivity index (χ4v) is 1.62. The maximum absolute atomic E-state index is 11.3. The molecule has 0 fully saturated rings. The van der Waals surface area contributed by atoms with Crippen LogP contribution < -0.4 is 0 Å². The number of methoxy groups -OCH3 is 1. The number of ketones is 1. The van der Waals surface area contributed by atoms with Crippen LogP contribution in [0.25, 0.3) is 0 Å². The van der Waals surface area contributed by atoms with Crippen molar-refractivity contribution in [3.63, 3.8) is 0 Å². The molecule has 0 spiro atoms. The van der Waals surface area contributed by atoms with Gasteiger partial charge in [0.25, 0.3) is 0 Å². The van der Waals surface area contributed by atoms with Crippen molar-refractivity contribution in [2.75, 3.05) is 13.0 Å². The highest BCUT2D eigenvalue weighted by Gasteiger charge is 2.08. The molecule has 0 unspecified atom stereocenters. The Morgan fingerprint density at radius 2 is 2.00 bits per heavy atom. The summed E-state index contributed by atoms with van der Waals surface area (Å²) < 4.78 is 4.60. The van der Waals surface area contributed by atoms with Crippen molar-refractivity contribution in [3.05, 3.63) is 34.9 Å². The molecule has 17 heavy (non-hydrogen) atoms. The van der Waals surface area contributed by atoms with E-state index in [-0.39, 0.29) is 24.1 Å². The number of aryl methyl sites for hydroxylation is 1. The standard InChI is InChI=1S/C13H15ClO3/c1-9-3-4-10(6-13(16)17-2)5-11(9)7-12(15)8-14/h3-5H,6-8H2,1-2H3. The van der Waals surface area contributed by atoms with Crippen molar-refractivity contribution >= 4 is 23.4 Å². The van der Waals surface area contributed by atoms with E-state index in [0.717, 1.165) is 16.7 Å². The van der Waals surface area contributed by atoms with E-state index in [0.29, 0.717) is 6.42 Å². The molecule has 3 nitrogen and oxygen atoms in total. The van der Waals surface area contributed by atoms with Crippen molar-refractivity contribution in [1.82, 2.24) is 0 Å². The predicted molar refractivity (Wildman–Crippen MR) is 66.3 cm³/mol. The van der Waals surface area contributed by atoms with E-state index in [4.69, 9.17) is 11.6 Å². The molecule has 4 heteroatoms. The van der Waals surface area contributed by atoms with Crippen molar-refractivity contribution < 1.29 is 14.3 Å². The third-order valence-corrected chi connectivity index (χ3v) is 2.82. The van der Waals surface area contributed by atoms with E-state index in [9.17, 15) is 9.59 Å². The van der Waals surface area contributed by atoms with Crippen LogP contribution in [0.5, 0.6) is 0 Å². The van der Waals surface area contributed by atoms with E-state index >= 15 is 0 Å². The number of alkyl halides is 1. The third kappa shape index (κ3) is 4.19. The lowest BCUT2D eigenvalue weighted by Crippen LogP contribution is -2.08. The zero-order chi connectivity index (χ0) is 12.8. The minimum absolute atomic E-state index is 0.0146. The summed E-state index contributed by atoms with van der Waals surface area (Å²) in [5.41, 5.74) is 2.79. The van der Waals surface area contributed by atoms with E-state index < -0.39 is 0 Å². The van der Waals surface area contributed by atoms with Gasteiger partial charge in [0.1, 0.15) is 0 Å². The molecule has 0 radical (unpaired) electrons. The second-order valence-corrected chi connectivity index (χ2v) is 4.13. The van der Waals surface area contributed by atoms with Gasteiger partial charge in [0.15, 0.2) is 5.78 Å². The van der Waals surface area contributed by atoms with Gasteiger partial charge >= 0.3 is 5.97 Å². The highest BCUT2D eigenvalue weighted by Crippen LogP contribution is 2.13. The zero-order valence-corrected chi connectivity index (χ0v) is 10.7. The smallest absolute Gasteiger partial charge is 0.309 e. The molecule has 0 aromatic heterocycles. The molecule has 0 saturated carbocycles. The number of carbonyl (C=O) groups is 2. The molecule has 1 aromatic carbocycles. The number of benzene rings is 1. The molecule has 0 heterocycles. The summed E-state index contributed by atoms with van der Waals surface area (Å²) in [5, 5.41) is 0. The Morgan fingerprint density at radius 3 is 2.59 bits per heavy atom. The van der Waals surface area contributed by atoms with Gasteiger partial charge in [-0.2, -0.15) is 0 Å². The first-order valence-electron chi connectivity index (χ1n) is 5.29. The molecule has 0 bridgehead atoms. The minimum atomic E-state index is -0.288. The average Bonchev–Trinajstić information content (AvgIpc) is 2.33. The van der Waals surface area contributed by atoms with Gasteiger partial charge in [0.05, 0.1) is 19.4 Å². The summed E-state index contributed by atoms with van der Waals surface area (Å²) in [6, 6.07) is 5.62. The summed E-state index contributed by atoms with van der Waals surface area (Å²) in [6.07, 6.45) is 0.531.